The van der Waals surface area contributed by atoms with Crippen molar-refractivity contribution in [3.05, 3.63) is 34.6 Å². The maximum Gasteiger partial charge on any atom is 0.403 e. The molecule has 0 aliphatic carbocycles. The van der Waals surface area contributed by atoms with E-state index in [2.05, 4.69) is 0 Å². The Morgan fingerprint density at radius 2 is 1.89 bits per heavy atom. The molecule has 0 spiro atoms. The molecule has 1 rings (SSSR count). The molecule has 1 aromatic carbocycles. The van der Waals surface area contributed by atoms with E-state index in [1.54, 1.807) is 0 Å². The Labute approximate surface area is 112 Å². The molecule has 0 aliphatic rings. The highest BCUT2D eigenvalue weighted by Crippen LogP contribution is 2.28. The van der Waals surface area contributed by atoms with Crippen LogP contribution in [-0.2, 0) is 0 Å². The molecule has 0 fully saturated rings. The standard InChI is InChI=1S/C10H10ClF4NO.ClH/c11-6-2-1-5(3-7(6)12)8(17)4-9(16)10(13,14)15;/h1-3,8-9,17H,4,16H2;1H/t8-,9-;/m1./s1. The Bertz CT molecular complexity index is 400. The maximum absolute atomic E-state index is 13.0. The van der Waals surface area contributed by atoms with Crippen LogP contribution in [0.25, 0.3) is 0 Å². The van der Waals surface area contributed by atoms with Crippen molar-refractivity contribution in [2.75, 3.05) is 0 Å². The average Bonchev–Trinajstić information content (AvgIpc) is 2.20. The predicted octanol–water partition coefficient (Wildman–Crippen LogP) is 3.21. The first kappa shape index (κ1) is 17.4. The lowest BCUT2D eigenvalue weighted by Gasteiger charge is -2.19. The van der Waals surface area contributed by atoms with Crippen LogP contribution in [0.5, 0.6) is 0 Å². The molecule has 2 atom stereocenters. The quantitative estimate of drug-likeness (QED) is 0.842. The Morgan fingerprint density at radius 3 is 2.33 bits per heavy atom. The van der Waals surface area contributed by atoms with Gasteiger partial charge in [0.25, 0.3) is 0 Å². The minimum atomic E-state index is -4.59. The average molecular weight is 308 g/mol. The highest BCUT2D eigenvalue weighted by Gasteiger charge is 2.37. The van der Waals surface area contributed by atoms with E-state index in [0.29, 0.717) is 0 Å². The summed E-state index contributed by atoms with van der Waals surface area (Å²) in [5, 5.41) is 9.31. The molecule has 2 nitrogen and oxygen atoms in total. The fourth-order valence-corrected chi connectivity index (χ4v) is 1.35. The number of alkyl halides is 3. The molecule has 0 radical (unpaired) electrons. The number of hydrogen-bond acceptors (Lipinski definition) is 2. The Kier molecular flexibility index (Phi) is 6.36. The minimum Gasteiger partial charge on any atom is -0.388 e. The van der Waals surface area contributed by atoms with Crippen molar-refractivity contribution in [2.24, 2.45) is 5.73 Å². The van der Waals surface area contributed by atoms with Gasteiger partial charge >= 0.3 is 6.18 Å². The molecule has 0 amide bonds. The zero-order chi connectivity index (χ0) is 13.2. The minimum absolute atomic E-state index is 0. The van der Waals surface area contributed by atoms with E-state index >= 15 is 0 Å². The summed E-state index contributed by atoms with van der Waals surface area (Å²) in [4.78, 5) is 0. The first-order chi connectivity index (χ1) is 7.71. The van der Waals surface area contributed by atoms with Crippen LogP contribution in [0.4, 0.5) is 17.6 Å². The molecular formula is C10H11Cl2F4NO. The van der Waals surface area contributed by atoms with Crippen LogP contribution in [-0.4, -0.2) is 17.3 Å². The van der Waals surface area contributed by atoms with E-state index < -0.39 is 30.6 Å². The van der Waals surface area contributed by atoms with Crippen LogP contribution in [0.1, 0.15) is 18.1 Å². The molecule has 104 valence electrons. The van der Waals surface area contributed by atoms with Gasteiger partial charge < -0.3 is 10.8 Å². The van der Waals surface area contributed by atoms with Crippen LogP contribution < -0.4 is 5.73 Å². The summed E-state index contributed by atoms with van der Waals surface area (Å²) in [7, 11) is 0. The van der Waals surface area contributed by atoms with Gasteiger partial charge in [0.1, 0.15) is 11.9 Å². The van der Waals surface area contributed by atoms with Gasteiger partial charge in [-0.15, -0.1) is 12.4 Å². The summed E-state index contributed by atoms with van der Waals surface area (Å²) in [5.74, 6) is -0.802. The highest BCUT2D eigenvalue weighted by atomic mass is 35.5. The molecular weight excluding hydrogens is 297 g/mol. The molecule has 18 heavy (non-hydrogen) atoms. The van der Waals surface area contributed by atoms with E-state index in [1.165, 1.54) is 6.07 Å². The van der Waals surface area contributed by atoms with E-state index in [9.17, 15) is 22.7 Å². The van der Waals surface area contributed by atoms with E-state index in [-0.39, 0.29) is 23.0 Å². The normalized spacial score (nSPS) is 14.8. The molecule has 0 saturated carbocycles. The van der Waals surface area contributed by atoms with Crippen molar-refractivity contribution in [2.45, 2.75) is 24.7 Å². The number of rotatable bonds is 3. The van der Waals surface area contributed by atoms with Crippen LogP contribution in [0.3, 0.4) is 0 Å². The summed E-state index contributed by atoms with van der Waals surface area (Å²) >= 11 is 5.40. The molecule has 0 saturated heterocycles. The second kappa shape index (κ2) is 6.56. The summed E-state index contributed by atoms with van der Waals surface area (Å²) in [6.45, 7) is 0. The van der Waals surface area contributed by atoms with Crippen molar-refractivity contribution in [3.63, 3.8) is 0 Å². The highest BCUT2D eigenvalue weighted by molar-refractivity contribution is 6.30. The topological polar surface area (TPSA) is 46.2 Å². The second-order valence-electron chi connectivity index (χ2n) is 3.57. The Morgan fingerprint density at radius 1 is 1.33 bits per heavy atom. The lowest BCUT2D eigenvalue weighted by atomic mass is 10.0. The van der Waals surface area contributed by atoms with Gasteiger partial charge in [-0.3, -0.25) is 0 Å². The summed E-state index contributed by atoms with van der Waals surface area (Å²) in [6.07, 6.45) is -6.81. The van der Waals surface area contributed by atoms with Crippen molar-refractivity contribution in [1.29, 1.82) is 0 Å². The van der Waals surface area contributed by atoms with E-state index in [4.69, 9.17) is 17.3 Å². The van der Waals surface area contributed by atoms with Gasteiger partial charge in [-0.2, -0.15) is 13.2 Å². The van der Waals surface area contributed by atoms with Gasteiger partial charge in [-0.05, 0) is 17.7 Å². The third kappa shape index (κ3) is 4.61. The molecule has 0 aliphatic heterocycles. The van der Waals surface area contributed by atoms with Crippen molar-refractivity contribution < 1.29 is 22.7 Å². The molecule has 0 bridgehead atoms. The first-order valence-electron chi connectivity index (χ1n) is 4.67. The van der Waals surface area contributed by atoms with Gasteiger partial charge in [0.2, 0.25) is 0 Å². The number of halogens is 6. The Hall–Kier alpha value is -0.560. The van der Waals surface area contributed by atoms with Crippen molar-refractivity contribution >= 4 is 24.0 Å². The third-order valence-electron chi connectivity index (χ3n) is 2.23. The van der Waals surface area contributed by atoms with Gasteiger partial charge in [0.15, 0.2) is 0 Å². The molecule has 8 heteroatoms. The summed E-state index contributed by atoms with van der Waals surface area (Å²) in [6, 6.07) is 1.14. The van der Waals surface area contributed by atoms with E-state index in [1.807, 2.05) is 0 Å². The first-order valence-corrected chi connectivity index (χ1v) is 5.05. The monoisotopic (exact) mass is 307 g/mol. The number of benzene rings is 1. The molecule has 0 heterocycles. The summed E-state index contributed by atoms with van der Waals surface area (Å²) in [5.41, 5.74) is 4.86. The smallest absolute Gasteiger partial charge is 0.388 e. The molecule has 0 unspecified atom stereocenters. The molecule has 0 aromatic heterocycles. The number of nitrogens with two attached hydrogens (primary N) is 1. The van der Waals surface area contributed by atoms with Crippen LogP contribution >= 0.6 is 24.0 Å². The van der Waals surface area contributed by atoms with Gasteiger partial charge in [0, 0.05) is 6.42 Å². The predicted molar refractivity (Wildman–Crippen MR) is 62.3 cm³/mol. The maximum atomic E-state index is 13.0. The van der Waals surface area contributed by atoms with Gasteiger partial charge in [0.05, 0.1) is 11.1 Å². The lowest BCUT2D eigenvalue weighted by molar-refractivity contribution is -0.153. The number of aliphatic hydroxyl groups is 1. The zero-order valence-electron chi connectivity index (χ0n) is 8.92. The lowest BCUT2D eigenvalue weighted by Crippen LogP contribution is -2.38. The zero-order valence-corrected chi connectivity index (χ0v) is 10.5. The molecule has 1 aromatic rings. The number of hydrogen-bond donors (Lipinski definition) is 2. The fraction of sp³-hybridized carbons (Fsp3) is 0.400. The Balaban J connectivity index is 0.00000289. The van der Waals surface area contributed by atoms with Crippen LogP contribution in [0.2, 0.25) is 5.02 Å². The number of aliphatic hydroxyl groups excluding tert-OH is 1. The SMILES string of the molecule is Cl.N[C@H](C[C@@H](O)c1ccc(Cl)c(F)c1)C(F)(F)F. The van der Waals surface area contributed by atoms with Crippen LogP contribution in [0.15, 0.2) is 18.2 Å². The summed E-state index contributed by atoms with van der Waals surface area (Å²) < 4.78 is 49.4. The molecule has 3 N–H and O–H groups in total. The second-order valence-corrected chi connectivity index (χ2v) is 3.98. The van der Waals surface area contributed by atoms with Gasteiger partial charge in [-0.1, -0.05) is 17.7 Å². The van der Waals surface area contributed by atoms with Gasteiger partial charge in [-0.25, -0.2) is 4.39 Å². The third-order valence-corrected chi connectivity index (χ3v) is 2.53. The largest absolute Gasteiger partial charge is 0.403 e. The van der Waals surface area contributed by atoms with E-state index in [0.717, 1.165) is 12.1 Å². The van der Waals surface area contributed by atoms with Crippen LogP contribution in [0, 0.1) is 5.82 Å². The van der Waals surface area contributed by atoms with Crippen molar-refractivity contribution in [3.8, 4) is 0 Å². The fourth-order valence-electron chi connectivity index (χ4n) is 1.23. The van der Waals surface area contributed by atoms with Crippen molar-refractivity contribution in [1.82, 2.24) is 0 Å².